The minimum Gasteiger partial charge on any atom is -0.397 e. The summed E-state index contributed by atoms with van der Waals surface area (Å²) in [6.07, 6.45) is 4.27. The largest absolute Gasteiger partial charge is 0.397 e. The lowest BCUT2D eigenvalue weighted by Gasteiger charge is -2.38. The Hall–Kier alpha value is -2.04. The maximum absolute atomic E-state index is 13.2. The molecule has 0 unspecified atom stereocenters. The molecule has 1 saturated heterocycles. The van der Waals surface area contributed by atoms with Crippen molar-refractivity contribution in [2.75, 3.05) is 36.8 Å². The van der Waals surface area contributed by atoms with Gasteiger partial charge in [0.15, 0.2) is 0 Å². The number of piperidine rings is 1. The van der Waals surface area contributed by atoms with Crippen LogP contribution >= 0.6 is 11.6 Å². The van der Waals surface area contributed by atoms with E-state index in [9.17, 15) is 4.39 Å². The molecule has 0 aromatic heterocycles. The molecule has 0 bridgehead atoms. The van der Waals surface area contributed by atoms with Crippen molar-refractivity contribution < 1.29 is 4.39 Å². The molecule has 4 rings (SSSR count). The van der Waals surface area contributed by atoms with Gasteiger partial charge in [0.2, 0.25) is 0 Å². The minimum atomic E-state index is -0.167. The first-order valence-electron chi connectivity index (χ1n) is 10.0. The first kappa shape index (κ1) is 19.3. The highest BCUT2D eigenvalue weighted by molar-refractivity contribution is 6.31. The Morgan fingerprint density at radius 1 is 1.14 bits per heavy atom. The molecule has 0 atom stereocenters. The summed E-state index contributed by atoms with van der Waals surface area (Å²) in [5.74, 6) is 0.346. The zero-order chi connectivity index (χ0) is 19.7. The number of fused-ring (bicyclic) bond motifs is 1. The van der Waals surface area contributed by atoms with E-state index in [1.807, 2.05) is 24.3 Å². The van der Waals surface area contributed by atoms with Crippen LogP contribution in [-0.2, 0) is 6.42 Å². The van der Waals surface area contributed by atoms with Gasteiger partial charge in [-0.15, -0.1) is 0 Å². The molecule has 3 nitrogen and oxygen atoms in total. The summed E-state index contributed by atoms with van der Waals surface area (Å²) in [5.41, 5.74) is 11.7. The number of aryl methyl sites for hydroxylation is 1. The quantitative estimate of drug-likeness (QED) is 0.716. The van der Waals surface area contributed by atoms with Gasteiger partial charge in [0.1, 0.15) is 5.82 Å². The Morgan fingerprint density at radius 3 is 2.57 bits per heavy atom. The third kappa shape index (κ3) is 4.03. The van der Waals surface area contributed by atoms with Gasteiger partial charge in [-0.2, -0.15) is 0 Å². The van der Waals surface area contributed by atoms with Crippen molar-refractivity contribution in [1.82, 2.24) is 4.90 Å². The maximum atomic E-state index is 13.2. The smallest absolute Gasteiger partial charge is 0.123 e. The molecule has 2 N–H and O–H groups in total. The Labute approximate surface area is 171 Å². The second-order valence-electron chi connectivity index (χ2n) is 7.93. The van der Waals surface area contributed by atoms with Crippen LogP contribution in [0.25, 0.3) is 0 Å². The van der Waals surface area contributed by atoms with Gasteiger partial charge in [0, 0.05) is 23.8 Å². The van der Waals surface area contributed by atoms with Crippen molar-refractivity contribution in [1.29, 1.82) is 0 Å². The molecule has 0 aliphatic carbocycles. The van der Waals surface area contributed by atoms with Gasteiger partial charge in [-0.25, -0.2) is 4.39 Å². The third-order valence-corrected chi connectivity index (χ3v) is 6.22. The van der Waals surface area contributed by atoms with E-state index in [1.165, 1.54) is 11.1 Å². The highest BCUT2D eigenvalue weighted by atomic mass is 35.5. The first-order valence-corrected chi connectivity index (χ1v) is 10.4. The van der Waals surface area contributed by atoms with Crippen LogP contribution in [0.5, 0.6) is 0 Å². The number of anilines is 2. The molecular weight excluding hydrogens is 373 g/mol. The van der Waals surface area contributed by atoms with Crippen LogP contribution in [0.3, 0.4) is 0 Å². The SMILES string of the molecule is C=C(CN1CCC(c2ccc(F)cc2)CC1)N1CCCc2cc(Cl)cc(N)c21. The fraction of sp³-hybridized carbons (Fsp3) is 0.391. The van der Waals surface area contributed by atoms with Crippen LogP contribution in [0, 0.1) is 5.82 Å². The van der Waals surface area contributed by atoms with E-state index < -0.39 is 0 Å². The molecule has 2 aromatic carbocycles. The predicted molar refractivity (Wildman–Crippen MR) is 115 cm³/mol. The van der Waals surface area contributed by atoms with Crippen molar-refractivity contribution in [2.24, 2.45) is 0 Å². The number of rotatable bonds is 4. The van der Waals surface area contributed by atoms with Crippen LogP contribution in [-0.4, -0.2) is 31.1 Å². The van der Waals surface area contributed by atoms with E-state index in [-0.39, 0.29) is 5.82 Å². The summed E-state index contributed by atoms with van der Waals surface area (Å²) in [4.78, 5) is 4.74. The summed E-state index contributed by atoms with van der Waals surface area (Å²) in [7, 11) is 0. The van der Waals surface area contributed by atoms with Crippen molar-refractivity contribution in [2.45, 2.75) is 31.6 Å². The summed E-state index contributed by atoms with van der Waals surface area (Å²) < 4.78 is 13.2. The predicted octanol–water partition coefficient (Wildman–Crippen LogP) is 5.21. The van der Waals surface area contributed by atoms with Crippen LogP contribution in [0.1, 0.15) is 36.3 Å². The van der Waals surface area contributed by atoms with Crippen LogP contribution < -0.4 is 10.6 Å². The molecular formula is C23H27ClFN3. The first-order chi connectivity index (χ1) is 13.5. The normalized spacial score (nSPS) is 18.1. The van der Waals surface area contributed by atoms with E-state index >= 15 is 0 Å². The number of nitrogens with two attached hydrogens (primary N) is 1. The molecule has 0 saturated carbocycles. The molecule has 1 fully saturated rings. The molecule has 148 valence electrons. The number of hydrogen-bond acceptors (Lipinski definition) is 3. The molecule has 5 heteroatoms. The zero-order valence-corrected chi connectivity index (χ0v) is 16.9. The van der Waals surface area contributed by atoms with Crippen molar-refractivity contribution in [3.63, 3.8) is 0 Å². The second kappa shape index (κ2) is 8.14. The number of nitrogens with zero attached hydrogens (tertiary/aromatic N) is 2. The minimum absolute atomic E-state index is 0.167. The Bertz CT molecular complexity index is 857. The Balaban J connectivity index is 1.39. The number of benzene rings is 2. The van der Waals surface area contributed by atoms with Crippen molar-refractivity contribution in [3.8, 4) is 0 Å². The monoisotopic (exact) mass is 399 g/mol. The molecule has 2 heterocycles. The molecule has 2 aliphatic rings. The van der Waals surface area contributed by atoms with Gasteiger partial charge in [-0.1, -0.05) is 30.3 Å². The Morgan fingerprint density at radius 2 is 1.86 bits per heavy atom. The fourth-order valence-corrected chi connectivity index (χ4v) is 4.81. The van der Waals surface area contributed by atoms with Gasteiger partial charge in [-0.05, 0) is 80.1 Å². The lowest BCUT2D eigenvalue weighted by molar-refractivity contribution is 0.227. The van der Waals surface area contributed by atoms with Gasteiger partial charge in [-0.3, -0.25) is 4.90 Å². The highest BCUT2D eigenvalue weighted by Gasteiger charge is 2.25. The average Bonchev–Trinajstić information content (AvgIpc) is 2.68. The fourth-order valence-electron chi connectivity index (χ4n) is 4.56. The van der Waals surface area contributed by atoms with E-state index in [4.69, 9.17) is 17.3 Å². The van der Waals surface area contributed by atoms with E-state index in [0.717, 1.165) is 68.9 Å². The van der Waals surface area contributed by atoms with Crippen molar-refractivity contribution >= 4 is 23.0 Å². The molecule has 2 aromatic rings. The number of nitrogen functional groups attached to an aromatic ring is 1. The van der Waals surface area contributed by atoms with Crippen LogP contribution in [0.4, 0.5) is 15.8 Å². The lowest BCUT2D eigenvalue weighted by Crippen LogP contribution is -2.39. The van der Waals surface area contributed by atoms with Crippen LogP contribution in [0.15, 0.2) is 48.7 Å². The molecule has 28 heavy (non-hydrogen) atoms. The van der Waals surface area contributed by atoms with E-state index in [0.29, 0.717) is 10.9 Å². The zero-order valence-electron chi connectivity index (χ0n) is 16.1. The molecule has 2 aliphatic heterocycles. The lowest BCUT2D eigenvalue weighted by atomic mass is 9.89. The van der Waals surface area contributed by atoms with Gasteiger partial charge in [0.25, 0.3) is 0 Å². The standard InChI is InChI=1S/C23H27ClFN3/c1-16(28-10-2-3-19-13-20(24)14-22(26)23(19)28)15-27-11-8-18(9-12-27)17-4-6-21(25)7-5-17/h4-7,13-14,18H,1-3,8-12,15,26H2. The average molecular weight is 400 g/mol. The third-order valence-electron chi connectivity index (χ3n) is 6.00. The van der Waals surface area contributed by atoms with Gasteiger partial charge in [0.05, 0.1) is 11.4 Å². The summed E-state index contributed by atoms with van der Waals surface area (Å²) >= 11 is 6.19. The molecule has 0 spiro atoms. The molecule has 0 radical (unpaired) electrons. The van der Waals surface area contributed by atoms with Crippen LogP contribution in [0.2, 0.25) is 5.02 Å². The van der Waals surface area contributed by atoms with Gasteiger partial charge < -0.3 is 10.6 Å². The van der Waals surface area contributed by atoms with Crippen molar-refractivity contribution in [3.05, 3.63) is 70.6 Å². The van der Waals surface area contributed by atoms with Gasteiger partial charge >= 0.3 is 0 Å². The highest BCUT2D eigenvalue weighted by Crippen LogP contribution is 2.37. The van der Waals surface area contributed by atoms with E-state index in [1.54, 1.807) is 12.1 Å². The number of hydrogen-bond donors (Lipinski definition) is 1. The maximum Gasteiger partial charge on any atom is 0.123 e. The second-order valence-corrected chi connectivity index (χ2v) is 8.36. The topological polar surface area (TPSA) is 32.5 Å². The summed E-state index contributed by atoms with van der Waals surface area (Å²) in [5, 5.41) is 0.701. The summed E-state index contributed by atoms with van der Waals surface area (Å²) in [6, 6.07) is 10.8. The summed E-state index contributed by atoms with van der Waals surface area (Å²) in [6.45, 7) is 8.22. The Kier molecular flexibility index (Phi) is 5.61. The van der Waals surface area contributed by atoms with E-state index in [2.05, 4.69) is 16.4 Å². The number of likely N-dealkylation sites (tertiary alicyclic amines) is 1. The molecule has 0 amide bonds. The number of halogens is 2.